The molecule has 0 aliphatic carbocycles. The van der Waals surface area contributed by atoms with Crippen molar-refractivity contribution in [3.63, 3.8) is 0 Å². The molecule has 0 saturated carbocycles. The molecule has 0 bridgehead atoms. The molecule has 0 spiro atoms. The van der Waals surface area contributed by atoms with E-state index in [9.17, 15) is 83.0 Å². The first-order chi connectivity index (χ1) is 63.5. The van der Waals surface area contributed by atoms with Crippen LogP contribution in [-0.2, 0) is 51.5 Å². The van der Waals surface area contributed by atoms with Gasteiger partial charge in [0.2, 0.25) is 17.7 Å². The number of amides is 6. The summed E-state index contributed by atoms with van der Waals surface area (Å²) in [5.41, 5.74) is 10.7. The van der Waals surface area contributed by atoms with Crippen LogP contribution in [0.2, 0.25) is 20.1 Å². The van der Waals surface area contributed by atoms with Crippen molar-refractivity contribution in [1.29, 1.82) is 0 Å². The van der Waals surface area contributed by atoms with Gasteiger partial charge in [-0.25, -0.2) is 38.0 Å². The molecular formula is C98H76BrCl4FN6O17S5. The zero-order valence-electron chi connectivity index (χ0n) is 68.9. The van der Waals surface area contributed by atoms with E-state index in [2.05, 4.69) is 47.8 Å². The highest BCUT2D eigenvalue weighted by atomic mass is 79.9. The van der Waals surface area contributed by atoms with E-state index in [1.165, 1.54) is 52.2 Å². The molecule has 0 fully saturated rings. The summed E-state index contributed by atoms with van der Waals surface area (Å²) in [6, 6.07) is 75.6. The van der Waals surface area contributed by atoms with Gasteiger partial charge in [-0.1, -0.05) is 250 Å². The Morgan fingerprint density at radius 3 is 1.01 bits per heavy atom. The molecule has 0 aliphatic heterocycles. The van der Waals surface area contributed by atoms with Gasteiger partial charge in [0.1, 0.15) is 71.0 Å². The Morgan fingerprint density at radius 1 is 0.333 bits per heavy atom. The van der Waals surface area contributed by atoms with Crippen LogP contribution in [0.1, 0.15) is 98.9 Å². The minimum atomic E-state index is -1.13. The monoisotopic (exact) mass is 2010 g/mol. The Labute approximate surface area is 803 Å². The molecule has 672 valence electrons. The average Bonchev–Trinajstić information content (AvgIpc) is 1.68. The zero-order chi connectivity index (χ0) is 94.3. The van der Waals surface area contributed by atoms with E-state index in [-0.39, 0.29) is 99.4 Å². The van der Waals surface area contributed by atoms with Gasteiger partial charge >= 0.3 is 42.0 Å². The van der Waals surface area contributed by atoms with Crippen molar-refractivity contribution in [2.75, 3.05) is 26.6 Å². The van der Waals surface area contributed by atoms with E-state index in [4.69, 9.17) is 51.1 Å². The lowest BCUT2D eigenvalue weighted by atomic mass is 10.0. The van der Waals surface area contributed by atoms with Gasteiger partial charge in [0.05, 0.1) is 0 Å². The van der Waals surface area contributed by atoms with Crippen LogP contribution in [0.25, 0.3) is 55.6 Å². The quantitative estimate of drug-likeness (QED) is 0.0217. The number of aryl methyl sites for hydroxylation is 3. The summed E-state index contributed by atoms with van der Waals surface area (Å²) < 4.78 is 19.7. The number of ether oxygens (including phenoxy) is 1. The summed E-state index contributed by atoms with van der Waals surface area (Å²) in [7, 11) is 0. The van der Waals surface area contributed by atoms with E-state index in [0.717, 1.165) is 60.5 Å². The molecule has 6 amide bonds. The first kappa shape index (κ1) is 99.0. The largest absolute Gasteiger partial charge is 0.508 e. The fourth-order valence-corrected chi connectivity index (χ4v) is 18.4. The van der Waals surface area contributed by atoms with Gasteiger partial charge in [-0.3, -0.25) is 25.0 Å². The number of urea groups is 1. The lowest BCUT2D eigenvalue weighted by molar-refractivity contribution is -0.117. The van der Waals surface area contributed by atoms with Crippen LogP contribution in [0.4, 0.5) is 39.0 Å². The van der Waals surface area contributed by atoms with Crippen LogP contribution in [-0.4, -0.2) is 90.3 Å². The fraction of sp³-hybridized carbons (Fsp3) is 0.0816. The molecule has 5 aromatic heterocycles. The molecule has 34 heteroatoms. The van der Waals surface area contributed by atoms with Crippen molar-refractivity contribution < 1.29 is 87.7 Å². The van der Waals surface area contributed by atoms with Crippen molar-refractivity contribution in [2.45, 2.75) is 51.7 Å². The number of anilines is 5. The number of phenols is 1. The van der Waals surface area contributed by atoms with Crippen molar-refractivity contribution in [1.82, 2.24) is 5.32 Å². The van der Waals surface area contributed by atoms with E-state index in [1.807, 2.05) is 133 Å². The number of carbonyl (C=O) groups is 10. The maximum atomic E-state index is 13.6. The third kappa shape index (κ3) is 28.7. The summed E-state index contributed by atoms with van der Waals surface area (Å²) in [6.07, 6.45) is 1.12. The van der Waals surface area contributed by atoms with Crippen LogP contribution >= 0.6 is 119 Å². The third-order valence-electron chi connectivity index (χ3n) is 19.2. The molecule has 0 saturated heterocycles. The number of carboxylic acids is 5. The molecule has 5 heterocycles. The number of hydrogen-bond acceptors (Lipinski definition) is 17. The first-order valence-electron chi connectivity index (χ1n) is 39.6. The second-order valence-electron chi connectivity index (χ2n) is 28.2. The molecule has 15 rings (SSSR count). The lowest BCUT2D eigenvalue weighted by Gasteiger charge is -2.08. The molecule has 12 N–H and O–H groups in total. The van der Waals surface area contributed by atoms with Crippen LogP contribution in [0.15, 0.2) is 292 Å². The van der Waals surface area contributed by atoms with Crippen molar-refractivity contribution in [3.05, 3.63) is 374 Å². The molecule has 0 unspecified atom stereocenters. The summed E-state index contributed by atoms with van der Waals surface area (Å²) >= 11 is 32.9. The number of hydrogen-bond donors (Lipinski definition) is 12. The third-order valence-corrected chi connectivity index (χ3v) is 25.3. The van der Waals surface area contributed by atoms with Gasteiger partial charge in [0, 0.05) is 105 Å². The number of phenolic OH excluding ortho intramolecular Hbond substituents is 1. The van der Waals surface area contributed by atoms with E-state index >= 15 is 0 Å². The van der Waals surface area contributed by atoms with Crippen LogP contribution in [0.5, 0.6) is 5.75 Å². The highest BCUT2D eigenvalue weighted by molar-refractivity contribution is 9.10. The number of thiophene rings is 5. The molecular weight excluding hydrogens is 1930 g/mol. The number of nitrogens with one attached hydrogen (secondary N) is 6. The number of halogens is 6. The summed E-state index contributed by atoms with van der Waals surface area (Å²) in [4.78, 5) is 120. The minimum absolute atomic E-state index is 0.0222. The van der Waals surface area contributed by atoms with E-state index in [0.29, 0.717) is 105 Å². The Bertz CT molecular complexity index is 6040. The predicted octanol–water partition coefficient (Wildman–Crippen LogP) is 26.6. The summed E-state index contributed by atoms with van der Waals surface area (Å²) in [6.45, 7) is 0.463. The van der Waals surface area contributed by atoms with Crippen molar-refractivity contribution >= 4 is 204 Å². The Kier molecular flexibility index (Phi) is 36.6. The normalized spacial score (nSPS) is 10.5. The van der Waals surface area contributed by atoms with Gasteiger partial charge < -0.3 is 56.6 Å². The number of carboxylic acid groups (broad SMARTS) is 5. The highest BCUT2D eigenvalue weighted by Crippen LogP contribution is 2.42. The number of rotatable bonds is 28. The predicted molar refractivity (Wildman–Crippen MR) is 526 cm³/mol. The fourth-order valence-electron chi connectivity index (χ4n) is 12.7. The van der Waals surface area contributed by atoms with Crippen molar-refractivity contribution in [2.24, 2.45) is 0 Å². The SMILES string of the molecule is O=C(CCc1ccccc1)Nc1scc(-c2ccc(O)cc2)c1C(=O)O.O=C(CCc1ccccc1Cl)Nc1scc(-c2ccc(Cl)cc2)c1C(=O)O.O=C(CCc1ccccc1F)Nc1scc(-c2ccc(Cl)cc2)c1C(=O)O.O=C(NCc1ccccc1)Nc1scc(-c2ccc(Br)cc2)c1C(=O)O.O=C(Nc1scc(-c2ccc(Cl)cc2)c1C(=O)O)OCc1ccccc1. The van der Waals surface area contributed by atoms with Gasteiger partial charge in [-0.05, 0) is 148 Å². The second-order valence-corrected chi connectivity index (χ2v) is 35.2. The van der Waals surface area contributed by atoms with Crippen LogP contribution in [0, 0.1) is 5.82 Å². The average molecular weight is 2010 g/mol. The summed E-state index contributed by atoms with van der Waals surface area (Å²) in [5.74, 6) is -6.66. The van der Waals surface area contributed by atoms with Crippen LogP contribution < -0.4 is 31.9 Å². The molecule has 0 radical (unpaired) electrons. The first-order valence-corrected chi connectivity index (χ1v) is 46.3. The summed E-state index contributed by atoms with van der Waals surface area (Å²) in [5, 5.41) is 85.5. The van der Waals surface area contributed by atoms with Crippen LogP contribution in [0.3, 0.4) is 0 Å². The number of benzene rings is 10. The highest BCUT2D eigenvalue weighted by Gasteiger charge is 2.28. The maximum absolute atomic E-state index is 13.6. The number of aromatic carboxylic acids is 5. The topological polar surface area (TPSA) is 373 Å². The maximum Gasteiger partial charge on any atom is 0.412 e. The van der Waals surface area contributed by atoms with Gasteiger partial charge in [0.15, 0.2) is 0 Å². The molecule has 0 aliphatic rings. The minimum Gasteiger partial charge on any atom is -0.508 e. The lowest BCUT2D eigenvalue weighted by Crippen LogP contribution is -2.28. The molecule has 15 aromatic rings. The number of aromatic hydroxyl groups is 1. The van der Waals surface area contributed by atoms with E-state index in [1.54, 1.807) is 136 Å². The Hall–Kier alpha value is -13.6. The number of carbonyl (C=O) groups excluding carboxylic acids is 5. The second kappa shape index (κ2) is 48.9. The Balaban J connectivity index is 0.000000159. The smallest absolute Gasteiger partial charge is 0.412 e. The molecule has 132 heavy (non-hydrogen) atoms. The van der Waals surface area contributed by atoms with E-state index < -0.39 is 42.0 Å². The van der Waals surface area contributed by atoms with Gasteiger partial charge in [-0.2, -0.15) is 0 Å². The standard InChI is InChI=1S/C20H15Cl2NO3S.C20H15ClFNO3S.C20H17NO4S.C19H15BrN2O3S.C19H14ClNO4S/c2*21-14-8-5-12(6-9-14)15-11-27-19(18(15)20(25)26)23-17(24)10-7-13-3-1-2-4-16(13)22;22-15-9-7-14(8-10-15)16-12-26-19(18(16)20(24)25)21-17(23)11-6-13-4-2-1-3-5-13;20-14-8-6-13(7-9-14)15-11-26-17(16(15)18(23)24)22-19(25)21-10-12-4-2-1-3-5-12;20-14-8-6-13(7-9-14)15-11-26-17(16(15)18(22)23)21-19(24)25-10-12-4-2-1-3-5-12/h2*1-6,8-9,11H,7,10H2,(H,23,24)(H,25,26);1-5,7-10,12,22H,6,11H2,(H,21,23)(H,24,25);1-9,11H,10H2,(H,23,24)(H2,21,22,25);1-9,11H,10H2,(H,21,24)(H,22,23). The molecule has 0 atom stereocenters. The van der Waals surface area contributed by atoms with Crippen molar-refractivity contribution in [3.8, 4) is 61.4 Å². The molecule has 10 aromatic carbocycles. The van der Waals surface area contributed by atoms with Gasteiger partial charge in [0.25, 0.3) is 0 Å². The molecule has 23 nitrogen and oxygen atoms in total. The zero-order valence-corrected chi connectivity index (χ0v) is 77.5. The van der Waals surface area contributed by atoms with Gasteiger partial charge in [-0.15, -0.1) is 56.7 Å². The Morgan fingerprint density at radius 2 is 0.636 bits per heavy atom.